The van der Waals surface area contributed by atoms with Gasteiger partial charge >= 0.3 is 0 Å². The number of nitrogens with zero attached hydrogens (tertiary/aromatic N) is 4. The molecule has 0 saturated heterocycles. The lowest BCUT2D eigenvalue weighted by Crippen LogP contribution is -2.28. The molecule has 0 spiro atoms. The van der Waals surface area contributed by atoms with E-state index in [4.69, 9.17) is 0 Å². The van der Waals surface area contributed by atoms with E-state index in [0.29, 0.717) is 5.82 Å². The summed E-state index contributed by atoms with van der Waals surface area (Å²) in [5, 5.41) is 17.0. The fourth-order valence-corrected chi connectivity index (χ4v) is 5.02. The van der Waals surface area contributed by atoms with Gasteiger partial charge in [-0.25, -0.2) is 4.98 Å². The highest BCUT2D eigenvalue weighted by molar-refractivity contribution is 7.17. The highest BCUT2D eigenvalue weighted by Crippen LogP contribution is 2.42. The Morgan fingerprint density at radius 1 is 1.27 bits per heavy atom. The van der Waals surface area contributed by atoms with Crippen LogP contribution in [0.1, 0.15) is 41.0 Å². The van der Waals surface area contributed by atoms with Crippen molar-refractivity contribution in [2.24, 2.45) is 0 Å². The summed E-state index contributed by atoms with van der Waals surface area (Å²) in [6.07, 6.45) is 0. The van der Waals surface area contributed by atoms with Crippen molar-refractivity contribution >= 4 is 27.6 Å². The van der Waals surface area contributed by atoms with Crippen LogP contribution in [0.15, 0.2) is 11.4 Å². The first-order chi connectivity index (χ1) is 10.6. The molecule has 0 radical (unpaired) electrons. The van der Waals surface area contributed by atoms with Crippen LogP contribution in [-0.4, -0.2) is 37.7 Å². The number of aromatic nitrogens is 3. The third kappa shape index (κ3) is 2.43. The van der Waals surface area contributed by atoms with Crippen LogP contribution in [0.3, 0.4) is 0 Å². The molecule has 7 heteroatoms. The first-order valence-electron chi connectivity index (χ1n) is 7.39. The molecule has 3 rings (SSSR count). The Hall–Kier alpha value is -1.44. The summed E-state index contributed by atoms with van der Waals surface area (Å²) in [7, 11) is 0. The van der Waals surface area contributed by atoms with Crippen LogP contribution < -0.4 is 0 Å². The third-order valence-electron chi connectivity index (χ3n) is 3.88. The van der Waals surface area contributed by atoms with Crippen LogP contribution in [-0.2, 0) is 0 Å². The van der Waals surface area contributed by atoms with Crippen molar-refractivity contribution in [1.82, 2.24) is 19.5 Å². The van der Waals surface area contributed by atoms with Crippen LogP contribution in [0.5, 0.6) is 5.88 Å². The molecule has 3 aromatic heterocycles. The SMILES string of the molecule is CCN(CC)C(c1sccc1C)c1sc2nc(C)nn2c1O. The van der Waals surface area contributed by atoms with Crippen LogP contribution in [0.25, 0.3) is 4.96 Å². The Morgan fingerprint density at radius 2 is 2.00 bits per heavy atom. The predicted octanol–water partition coefficient (Wildman–Crippen LogP) is 3.61. The predicted molar refractivity (Wildman–Crippen MR) is 91.1 cm³/mol. The van der Waals surface area contributed by atoms with Crippen molar-refractivity contribution in [2.45, 2.75) is 33.7 Å². The van der Waals surface area contributed by atoms with E-state index in [1.54, 1.807) is 15.9 Å². The van der Waals surface area contributed by atoms with Gasteiger partial charge < -0.3 is 5.11 Å². The van der Waals surface area contributed by atoms with Gasteiger partial charge in [0.25, 0.3) is 0 Å². The van der Waals surface area contributed by atoms with Crippen molar-refractivity contribution in [3.8, 4) is 5.88 Å². The van der Waals surface area contributed by atoms with E-state index in [9.17, 15) is 5.11 Å². The van der Waals surface area contributed by atoms with E-state index < -0.39 is 0 Å². The molecule has 1 N–H and O–H groups in total. The largest absolute Gasteiger partial charge is 0.492 e. The highest BCUT2D eigenvalue weighted by atomic mass is 32.1. The Labute approximate surface area is 137 Å². The van der Waals surface area contributed by atoms with Gasteiger partial charge in [0.15, 0.2) is 0 Å². The molecule has 0 aliphatic rings. The smallest absolute Gasteiger partial charge is 0.230 e. The second-order valence-corrected chi connectivity index (χ2v) is 7.19. The molecule has 5 nitrogen and oxygen atoms in total. The summed E-state index contributed by atoms with van der Waals surface area (Å²) in [6.45, 7) is 10.1. The van der Waals surface area contributed by atoms with Crippen molar-refractivity contribution < 1.29 is 5.11 Å². The normalized spacial score (nSPS) is 13.3. The summed E-state index contributed by atoms with van der Waals surface area (Å²) in [4.78, 5) is 9.69. The molecule has 3 aromatic rings. The summed E-state index contributed by atoms with van der Waals surface area (Å²) in [5.74, 6) is 0.894. The van der Waals surface area contributed by atoms with E-state index in [-0.39, 0.29) is 11.9 Å². The summed E-state index contributed by atoms with van der Waals surface area (Å²) >= 11 is 3.26. The van der Waals surface area contributed by atoms with Gasteiger partial charge in [0, 0.05) is 4.88 Å². The van der Waals surface area contributed by atoms with Gasteiger partial charge in [-0.2, -0.15) is 4.52 Å². The molecule has 0 saturated carbocycles. The molecule has 0 aliphatic heterocycles. The third-order valence-corrected chi connectivity index (χ3v) is 6.03. The Bertz CT molecular complexity index is 785. The highest BCUT2D eigenvalue weighted by Gasteiger charge is 2.29. The fraction of sp³-hybridized carbons (Fsp3) is 0.467. The second-order valence-electron chi connectivity index (χ2n) is 5.23. The van der Waals surface area contributed by atoms with Crippen LogP contribution in [0.4, 0.5) is 0 Å². The number of thiazole rings is 1. The number of hydrogen-bond donors (Lipinski definition) is 1. The standard InChI is InChI=1S/C15H20N4OS2/c1-5-18(6-2)11(12-9(3)7-8-21-12)13-14(20)19-15(22-13)16-10(4)17-19/h7-8,11,20H,5-6H2,1-4H3. The molecule has 1 atom stereocenters. The molecular formula is C15H20N4OS2. The average molecular weight is 336 g/mol. The zero-order valence-electron chi connectivity index (χ0n) is 13.2. The lowest BCUT2D eigenvalue weighted by atomic mass is 10.1. The number of aryl methyl sites for hydroxylation is 2. The Balaban J connectivity index is 2.17. The van der Waals surface area contributed by atoms with Crippen molar-refractivity contribution in [2.75, 3.05) is 13.1 Å². The van der Waals surface area contributed by atoms with Crippen LogP contribution in [0.2, 0.25) is 0 Å². The molecule has 3 heterocycles. The van der Waals surface area contributed by atoms with E-state index in [1.807, 2.05) is 6.92 Å². The average Bonchev–Trinajstić information content (AvgIpc) is 3.14. The molecule has 0 bridgehead atoms. The zero-order chi connectivity index (χ0) is 15.9. The first-order valence-corrected chi connectivity index (χ1v) is 9.09. The van der Waals surface area contributed by atoms with Crippen molar-refractivity contribution in [3.05, 3.63) is 32.6 Å². The molecule has 0 aliphatic carbocycles. The Morgan fingerprint density at radius 3 is 2.55 bits per heavy atom. The van der Waals surface area contributed by atoms with E-state index >= 15 is 0 Å². The monoisotopic (exact) mass is 336 g/mol. The minimum absolute atomic E-state index is 0.0591. The minimum Gasteiger partial charge on any atom is -0.492 e. The van der Waals surface area contributed by atoms with E-state index in [2.05, 4.69) is 47.2 Å². The topological polar surface area (TPSA) is 53.7 Å². The fourth-order valence-electron chi connectivity index (χ4n) is 2.73. The number of fused-ring (bicyclic) bond motifs is 1. The zero-order valence-corrected chi connectivity index (χ0v) is 14.8. The molecular weight excluding hydrogens is 316 g/mol. The molecule has 22 heavy (non-hydrogen) atoms. The van der Waals surface area contributed by atoms with E-state index in [1.165, 1.54) is 21.8 Å². The van der Waals surface area contributed by atoms with E-state index in [0.717, 1.165) is 22.9 Å². The van der Waals surface area contributed by atoms with Gasteiger partial charge in [0.05, 0.1) is 10.9 Å². The lowest BCUT2D eigenvalue weighted by Gasteiger charge is -2.28. The van der Waals surface area contributed by atoms with Gasteiger partial charge in [0.2, 0.25) is 10.8 Å². The van der Waals surface area contributed by atoms with Gasteiger partial charge in [-0.3, -0.25) is 4.90 Å². The maximum atomic E-state index is 10.7. The van der Waals surface area contributed by atoms with Crippen molar-refractivity contribution in [3.63, 3.8) is 0 Å². The maximum Gasteiger partial charge on any atom is 0.230 e. The minimum atomic E-state index is 0.0591. The van der Waals surface area contributed by atoms with Crippen molar-refractivity contribution in [1.29, 1.82) is 0 Å². The molecule has 0 amide bonds. The lowest BCUT2D eigenvalue weighted by molar-refractivity contribution is 0.250. The van der Waals surface area contributed by atoms with Gasteiger partial charge in [-0.05, 0) is 43.9 Å². The van der Waals surface area contributed by atoms with Crippen LogP contribution >= 0.6 is 22.7 Å². The number of rotatable bonds is 5. The van der Waals surface area contributed by atoms with Gasteiger partial charge in [0.1, 0.15) is 5.82 Å². The quantitative estimate of drug-likeness (QED) is 0.773. The summed E-state index contributed by atoms with van der Waals surface area (Å²) in [6, 6.07) is 2.19. The number of hydrogen-bond acceptors (Lipinski definition) is 6. The molecule has 1 unspecified atom stereocenters. The van der Waals surface area contributed by atoms with Crippen LogP contribution in [0, 0.1) is 13.8 Å². The Kier molecular flexibility index (Phi) is 4.20. The number of aromatic hydroxyl groups is 1. The molecule has 0 fully saturated rings. The first kappa shape index (κ1) is 15.5. The maximum absolute atomic E-state index is 10.7. The second kappa shape index (κ2) is 5.98. The van der Waals surface area contributed by atoms with Gasteiger partial charge in [-0.1, -0.05) is 25.2 Å². The molecule has 0 aromatic carbocycles. The molecule has 118 valence electrons. The van der Waals surface area contributed by atoms with Gasteiger partial charge in [-0.15, -0.1) is 16.4 Å². The summed E-state index contributed by atoms with van der Waals surface area (Å²) in [5.41, 5.74) is 1.26. The summed E-state index contributed by atoms with van der Waals surface area (Å²) < 4.78 is 1.55. The number of thiophene rings is 1.